The Morgan fingerprint density at radius 1 is 1.38 bits per heavy atom. The molecule has 1 aromatic rings. The SMILES string of the molecule is CCC1CCN(c2ccc(CO)cn2)CC1. The molecule has 2 heterocycles. The normalized spacial score (nSPS) is 17.8. The molecule has 2 rings (SSSR count). The van der Waals surface area contributed by atoms with Gasteiger partial charge < -0.3 is 10.0 Å². The molecule has 0 atom stereocenters. The third-order valence-electron chi connectivity index (χ3n) is 3.51. The number of aliphatic hydroxyl groups is 1. The van der Waals surface area contributed by atoms with Crippen LogP contribution in [0.15, 0.2) is 18.3 Å². The van der Waals surface area contributed by atoms with Crippen LogP contribution in [0, 0.1) is 5.92 Å². The van der Waals surface area contributed by atoms with E-state index in [1.165, 1.54) is 19.3 Å². The summed E-state index contributed by atoms with van der Waals surface area (Å²) >= 11 is 0. The van der Waals surface area contributed by atoms with Crippen molar-refractivity contribution >= 4 is 5.82 Å². The molecule has 0 radical (unpaired) electrons. The van der Waals surface area contributed by atoms with Crippen LogP contribution in [-0.4, -0.2) is 23.2 Å². The number of pyridine rings is 1. The fourth-order valence-corrected chi connectivity index (χ4v) is 2.27. The van der Waals surface area contributed by atoms with Crippen molar-refractivity contribution in [2.24, 2.45) is 5.92 Å². The largest absolute Gasteiger partial charge is 0.392 e. The zero-order valence-corrected chi connectivity index (χ0v) is 9.89. The maximum absolute atomic E-state index is 8.95. The Morgan fingerprint density at radius 3 is 2.62 bits per heavy atom. The lowest BCUT2D eigenvalue weighted by molar-refractivity contribution is 0.281. The molecule has 0 bridgehead atoms. The molecule has 88 valence electrons. The molecule has 1 aliphatic rings. The van der Waals surface area contributed by atoms with Gasteiger partial charge in [-0.05, 0) is 30.4 Å². The maximum atomic E-state index is 8.95. The molecule has 0 spiro atoms. The number of hydrogen-bond donors (Lipinski definition) is 1. The summed E-state index contributed by atoms with van der Waals surface area (Å²) < 4.78 is 0. The number of nitrogens with zero attached hydrogens (tertiary/aromatic N) is 2. The predicted molar refractivity (Wildman–Crippen MR) is 65.4 cm³/mol. The molecule has 1 aliphatic heterocycles. The Labute approximate surface area is 97.1 Å². The average molecular weight is 220 g/mol. The highest BCUT2D eigenvalue weighted by Crippen LogP contribution is 2.23. The molecule has 16 heavy (non-hydrogen) atoms. The first kappa shape index (κ1) is 11.4. The summed E-state index contributed by atoms with van der Waals surface area (Å²) in [6, 6.07) is 3.96. The summed E-state index contributed by atoms with van der Waals surface area (Å²) in [7, 11) is 0. The van der Waals surface area contributed by atoms with Gasteiger partial charge in [-0.3, -0.25) is 0 Å². The molecular weight excluding hydrogens is 200 g/mol. The molecule has 3 heteroatoms. The summed E-state index contributed by atoms with van der Waals surface area (Å²) in [5.41, 5.74) is 0.882. The van der Waals surface area contributed by atoms with Crippen LogP contribution in [-0.2, 0) is 6.61 Å². The predicted octanol–water partition coefficient (Wildman–Crippen LogP) is 2.20. The Kier molecular flexibility index (Phi) is 3.78. The van der Waals surface area contributed by atoms with E-state index in [1.807, 2.05) is 12.1 Å². The van der Waals surface area contributed by atoms with Gasteiger partial charge in [0.2, 0.25) is 0 Å². The van der Waals surface area contributed by atoms with Crippen molar-refractivity contribution in [3.05, 3.63) is 23.9 Å². The molecule has 1 N–H and O–H groups in total. The molecule has 0 saturated carbocycles. The van der Waals surface area contributed by atoms with Crippen LogP contribution >= 0.6 is 0 Å². The molecule has 0 aliphatic carbocycles. The van der Waals surface area contributed by atoms with E-state index < -0.39 is 0 Å². The van der Waals surface area contributed by atoms with E-state index in [-0.39, 0.29) is 6.61 Å². The first-order valence-electron chi connectivity index (χ1n) is 6.14. The first-order valence-corrected chi connectivity index (χ1v) is 6.14. The van der Waals surface area contributed by atoms with Crippen LogP contribution in [0.1, 0.15) is 31.7 Å². The highest BCUT2D eigenvalue weighted by Gasteiger charge is 2.18. The van der Waals surface area contributed by atoms with Crippen LogP contribution in [0.2, 0.25) is 0 Å². The molecule has 1 saturated heterocycles. The molecule has 0 unspecified atom stereocenters. The van der Waals surface area contributed by atoms with Gasteiger partial charge in [-0.2, -0.15) is 0 Å². The van der Waals surface area contributed by atoms with Crippen molar-refractivity contribution in [1.29, 1.82) is 0 Å². The number of aliphatic hydroxyl groups excluding tert-OH is 1. The van der Waals surface area contributed by atoms with Crippen molar-refractivity contribution in [2.45, 2.75) is 32.8 Å². The minimum absolute atomic E-state index is 0.0746. The van der Waals surface area contributed by atoms with Crippen molar-refractivity contribution in [2.75, 3.05) is 18.0 Å². The number of aromatic nitrogens is 1. The summed E-state index contributed by atoms with van der Waals surface area (Å²) in [5, 5.41) is 8.95. The van der Waals surface area contributed by atoms with Crippen molar-refractivity contribution < 1.29 is 5.11 Å². The standard InChI is InChI=1S/C13H20N2O/c1-2-11-5-7-15(8-6-11)13-4-3-12(10-16)9-14-13/h3-4,9,11,16H,2,5-8,10H2,1H3. The topological polar surface area (TPSA) is 36.4 Å². The van der Waals surface area contributed by atoms with Crippen molar-refractivity contribution in [3.8, 4) is 0 Å². The summed E-state index contributed by atoms with van der Waals surface area (Å²) in [6.07, 6.45) is 5.62. The van der Waals surface area contributed by atoms with Gasteiger partial charge in [0, 0.05) is 19.3 Å². The average Bonchev–Trinajstić information content (AvgIpc) is 2.39. The third kappa shape index (κ3) is 2.53. The van der Waals surface area contributed by atoms with E-state index >= 15 is 0 Å². The van der Waals surface area contributed by atoms with Gasteiger partial charge in [0.05, 0.1) is 6.61 Å². The van der Waals surface area contributed by atoms with E-state index in [0.717, 1.165) is 30.4 Å². The quantitative estimate of drug-likeness (QED) is 0.848. The Bertz CT molecular complexity index is 315. The van der Waals surface area contributed by atoms with Crippen molar-refractivity contribution in [1.82, 2.24) is 4.98 Å². The fraction of sp³-hybridized carbons (Fsp3) is 0.615. The second kappa shape index (κ2) is 5.30. The van der Waals surface area contributed by atoms with Gasteiger partial charge in [-0.1, -0.05) is 19.4 Å². The van der Waals surface area contributed by atoms with Gasteiger partial charge in [0.1, 0.15) is 5.82 Å². The molecule has 1 fully saturated rings. The zero-order valence-electron chi connectivity index (χ0n) is 9.89. The van der Waals surface area contributed by atoms with Crippen LogP contribution in [0.25, 0.3) is 0 Å². The van der Waals surface area contributed by atoms with Crippen LogP contribution in [0.5, 0.6) is 0 Å². The number of piperidine rings is 1. The van der Waals surface area contributed by atoms with E-state index in [0.29, 0.717) is 0 Å². The van der Waals surface area contributed by atoms with E-state index in [9.17, 15) is 0 Å². The second-order valence-electron chi connectivity index (χ2n) is 4.52. The van der Waals surface area contributed by atoms with Crippen molar-refractivity contribution in [3.63, 3.8) is 0 Å². The molecule has 3 nitrogen and oxygen atoms in total. The zero-order chi connectivity index (χ0) is 11.4. The first-order chi connectivity index (χ1) is 7.83. The minimum atomic E-state index is 0.0746. The summed E-state index contributed by atoms with van der Waals surface area (Å²) in [5.74, 6) is 1.94. The molecule has 0 aromatic carbocycles. The summed E-state index contributed by atoms with van der Waals surface area (Å²) in [6.45, 7) is 4.58. The maximum Gasteiger partial charge on any atom is 0.128 e. The van der Waals surface area contributed by atoms with Gasteiger partial charge >= 0.3 is 0 Å². The van der Waals surface area contributed by atoms with Crippen LogP contribution in [0.3, 0.4) is 0 Å². The van der Waals surface area contributed by atoms with E-state index in [2.05, 4.69) is 16.8 Å². The molecule has 0 amide bonds. The van der Waals surface area contributed by atoms with Gasteiger partial charge in [0.25, 0.3) is 0 Å². The van der Waals surface area contributed by atoms with Gasteiger partial charge in [-0.25, -0.2) is 4.98 Å². The second-order valence-corrected chi connectivity index (χ2v) is 4.52. The minimum Gasteiger partial charge on any atom is -0.392 e. The highest BCUT2D eigenvalue weighted by molar-refractivity contribution is 5.39. The monoisotopic (exact) mass is 220 g/mol. The molecular formula is C13H20N2O. The number of hydrogen-bond acceptors (Lipinski definition) is 3. The fourth-order valence-electron chi connectivity index (χ4n) is 2.27. The lowest BCUT2D eigenvalue weighted by Gasteiger charge is -2.32. The third-order valence-corrected chi connectivity index (χ3v) is 3.51. The Balaban J connectivity index is 1.97. The Hall–Kier alpha value is -1.09. The van der Waals surface area contributed by atoms with Crippen LogP contribution in [0.4, 0.5) is 5.82 Å². The highest BCUT2D eigenvalue weighted by atomic mass is 16.3. The Morgan fingerprint density at radius 2 is 2.12 bits per heavy atom. The van der Waals surface area contributed by atoms with Crippen LogP contribution < -0.4 is 4.90 Å². The number of anilines is 1. The van der Waals surface area contributed by atoms with Gasteiger partial charge in [0.15, 0.2) is 0 Å². The van der Waals surface area contributed by atoms with E-state index in [1.54, 1.807) is 6.20 Å². The van der Waals surface area contributed by atoms with E-state index in [4.69, 9.17) is 5.11 Å². The smallest absolute Gasteiger partial charge is 0.128 e. The van der Waals surface area contributed by atoms with Gasteiger partial charge in [-0.15, -0.1) is 0 Å². The number of rotatable bonds is 3. The summed E-state index contributed by atoms with van der Waals surface area (Å²) in [4.78, 5) is 6.73. The lowest BCUT2D eigenvalue weighted by atomic mass is 9.94. The lowest BCUT2D eigenvalue weighted by Crippen LogP contribution is -2.33. The molecule has 1 aromatic heterocycles.